The molecular formula is C26H24FN5O. The number of fused-ring (bicyclic) bond motifs is 2. The summed E-state index contributed by atoms with van der Waals surface area (Å²) in [5.41, 5.74) is 2.09. The number of benzene rings is 3. The Hall–Kier alpha value is -3.74. The summed E-state index contributed by atoms with van der Waals surface area (Å²) in [4.78, 5) is 12.7. The lowest BCUT2D eigenvalue weighted by Gasteiger charge is -2.25. The zero-order chi connectivity index (χ0) is 22.4. The third-order valence-corrected chi connectivity index (χ3v) is 6.69. The van der Waals surface area contributed by atoms with Gasteiger partial charge in [-0.05, 0) is 53.4 Å². The molecule has 1 saturated carbocycles. The monoisotopic (exact) mass is 441 g/mol. The molecule has 2 amide bonds. The summed E-state index contributed by atoms with van der Waals surface area (Å²) in [6, 6.07) is 21.2. The largest absolute Gasteiger partial charge is 0.335 e. The maximum Gasteiger partial charge on any atom is 0.315 e. The molecule has 1 aliphatic heterocycles. The van der Waals surface area contributed by atoms with Crippen molar-refractivity contribution in [1.82, 2.24) is 25.4 Å². The van der Waals surface area contributed by atoms with Gasteiger partial charge in [0.2, 0.25) is 0 Å². The number of halogens is 1. The molecule has 1 unspecified atom stereocenters. The second-order valence-electron chi connectivity index (χ2n) is 8.97. The van der Waals surface area contributed by atoms with E-state index in [1.54, 1.807) is 12.1 Å². The second kappa shape index (κ2) is 7.99. The average molecular weight is 442 g/mol. The van der Waals surface area contributed by atoms with Gasteiger partial charge in [0, 0.05) is 36.5 Å². The van der Waals surface area contributed by atoms with Crippen LogP contribution in [0, 0.1) is 5.82 Å². The molecule has 6 nitrogen and oxygen atoms in total. The van der Waals surface area contributed by atoms with Gasteiger partial charge in [-0.25, -0.2) is 9.18 Å². The molecule has 0 spiro atoms. The molecule has 1 aromatic heterocycles. The van der Waals surface area contributed by atoms with Crippen LogP contribution in [0.3, 0.4) is 0 Å². The van der Waals surface area contributed by atoms with E-state index in [1.807, 2.05) is 10.6 Å². The van der Waals surface area contributed by atoms with Crippen LogP contribution in [-0.2, 0) is 13.0 Å². The number of carbonyl (C=O) groups excluding carboxylic acids is 1. The maximum atomic E-state index is 13.3. The normalized spacial score (nSPS) is 21.4. The Morgan fingerprint density at radius 3 is 2.64 bits per heavy atom. The predicted molar refractivity (Wildman–Crippen MR) is 124 cm³/mol. The molecule has 1 aliphatic carbocycles. The van der Waals surface area contributed by atoms with E-state index in [0.29, 0.717) is 18.3 Å². The van der Waals surface area contributed by atoms with Gasteiger partial charge in [-0.15, -0.1) is 10.2 Å². The standard InChI is InChI=1S/C26H24FN5O/c27-20-9-7-17(8-10-20)25-31-30-24-12-11-21(15-32(24)25)28-26(33)29-23-14-22(23)19-6-5-16-3-1-2-4-18(16)13-19/h1-10,13,21-23H,11-12,14-15H2,(H2,28,29,33)/t21?,22-,23+/m0/s1. The number of carbonyl (C=O) groups is 1. The first-order valence-electron chi connectivity index (χ1n) is 11.4. The van der Waals surface area contributed by atoms with Gasteiger partial charge in [0.25, 0.3) is 0 Å². The van der Waals surface area contributed by atoms with E-state index < -0.39 is 0 Å². The third-order valence-electron chi connectivity index (χ3n) is 6.69. The van der Waals surface area contributed by atoms with E-state index in [0.717, 1.165) is 30.7 Å². The van der Waals surface area contributed by atoms with Crippen LogP contribution in [0.1, 0.15) is 30.1 Å². The van der Waals surface area contributed by atoms with E-state index >= 15 is 0 Å². The fraction of sp³-hybridized carbons (Fsp3) is 0.269. The van der Waals surface area contributed by atoms with Gasteiger partial charge in [0.15, 0.2) is 5.82 Å². The topological polar surface area (TPSA) is 71.8 Å². The summed E-state index contributed by atoms with van der Waals surface area (Å²) in [6.07, 6.45) is 2.51. The summed E-state index contributed by atoms with van der Waals surface area (Å²) < 4.78 is 15.3. The number of aryl methyl sites for hydroxylation is 1. The van der Waals surface area contributed by atoms with Crippen molar-refractivity contribution in [3.8, 4) is 11.4 Å². The van der Waals surface area contributed by atoms with Gasteiger partial charge in [0.1, 0.15) is 11.6 Å². The fourth-order valence-electron chi connectivity index (χ4n) is 4.81. The van der Waals surface area contributed by atoms with Crippen molar-refractivity contribution in [2.24, 2.45) is 0 Å². The van der Waals surface area contributed by atoms with Crippen LogP contribution in [0.25, 0.3) is 22.2 Å². The quantitative estimate of drug-likeness (QED) is 0.493. The zero-order valence-corrected chi connectivity index (χ0v) is 18.0. The van der Waals surface area contributed by atoms with Gasteiger partial charge in [0.05, 0.1) is 0 Å². The molecule has 33 heavy (non-hydrogen) atoms. The molecule has 2 heterocycles. The predicted octanol–water partition coefficient (Wildman–Crippen LogP) is 4.41. The number of aromatic nitrogens is 3. The molecule has 4 aromatic rings. The molecule has 2 N–H and O–H groups in total. The van der Waals surface area contributed by atoms with Crippen molar-refractivity contribution >= 4 is 16.8 Å². The lowest BCUT2D eigenvalue weighted by atomic mass is 10.0. The van der Waals surface area contributed by atoms with E-state index in [1.165, 1.54) is 28.5 Å². The molecule has 0 radical (unpaired) electrons. The lowest BCUT2D eigenvalue weighted by Crippen LogP contribution is -2.46. The lowest BCUT2D eigenvalue weighted by molar-refractivity contribution is 0.232. The van der Waals surface area contributed by atoms with Crippen LogP contribution in [0.5, 0.6) is 0 Å². The minimum Gasteiger partial charge on any atom is -0.335 e. The molecule has 1 fully saturated rings. The van der Waals surface area contributed by atoms with Crippen LogP contribution in [0.4, 0.5) is 9.18 Å². The summed E-state index contributed by atoms with van der Waals surface area (Å²) in [5, 5.41) is 17.3. The van der Waals surface area contributed by atoms with Crippen LogP contribution < -0.4 is 10.6 Å². The molecule has 3 atom stereocenters. The smallest absolute Gasteiger partial charge is 0.315 e. The Morgan fingerprint density at radius 2 is 1.79 bits per heavy atom. The van der Waals surface area contributed by atoms with Crippen LogP contribution in [0.15, 0.2) is 66.7 Å². The number of amides is 2. The highest BCUT2D eigenvalue weighted by Crippen LogP contribution is 2.41. The van der Waals surface area contributed by atoms with Gasteiger partial charge < -0.3 is 15.2 Å². The molecule has 6 rings (SSSR count). The average Bonchev–Trinajstić information content (AvgIpc) is 3.47. The van der Waals surface area contributed by atoms with Crippen LogP contribution in [-0.4, -0.2) is 32.9 Å². The van der Waals surface area contributed by atoms with Crippen molar-refractivity contribution in [2.75, 3.05) is 0 Å². The summed E-state index contributed by atoms with van der Waals surface area (Å²) in [7, 11) is 0. The summed E-state index contributed by atoms with van der Waals surface area (Å²) in [5.74, 6) is 1.68. The first-order valence-corrected chi connectivity index (χ1v) is 11.4. The molecule has 0 bridgehead atoms. The Bertz CT molecular complexity index is 1330. The Kier molecular flexibility index (Phi) is 4.82. The van der Waals surface area contributed by atoms with E-state index in [9.17, 15) is 9.18 Å². The Labute approximate surface area is 190 Å². The van der Waals surface area contributed by atoms with Gasteiger partial charge >= 0.3 is 6.03 Å². The zero-order valence-electron chi connectivity index (χ0n) is 18.0. The maximum absolute atomic E-state index is 13.3. The van der Waals surface area contributed by atoms with E-state index in [-0.39, 0.29) is 23.9 Å². The van der Waals surface area contributed by atoms with Gasteiger partial charge in [-0.2, -0.15) is 0 Å². The molecular weight excluding hydrogens is 417 g/mol. The number of rotatable bonds is 4. The SMILES string of the molecule is O=C(NC1CCc2nnc(-c3ccc(F)cc3)n2C1)N[C@@H]1C[C@H]1c1ccc2ccccc2c1. The van der Waals surface area contributed by atoms with E-state index in [2.05, 4.69) is 57.2 Å². The van der Waals surface area contributed by atoms with Crippen molar-refractivity contribution in [1.29, 1.82) is 0 Å². The highest BCUT2D eigenvalue weighted by Gasteiger charge is 2.40. The highest BCUT2D eigenvalue weighted by molar-refractivity contribution is 5.83. The van der Waals surface area contributed by atoms with Gasteiger partial charge in [-0.3, -0.25) is 0 Å². The molecule has 0 saturated heterocycles. The fourth-order valence-corrected chi connectivity index (χ4v) is 4.81. The van der Waals surface area contributed by atoms with Crippen LogP contribution >= 0.6 is 0 Å². The third kappa shape index (κ3) is 3.95. The number of hydrogen-bond acceptors (Lipinski definition) is 3. The molecule has 7 heteroatoms. The minimum atomic E-state index is -0.282. The number of urea groups is 1. The van der Waals surface area contributed by atoms with Crippen molar-refractivity contribution in [2.45, 2.75) is 43.8 Å². The molecule has 2 aliphatic rings. The first kappa shape index (κ1) is 19.9. The second-order valence-corrected chi connectivity index (χ2v) is 8.97. The minimum absolute atomic E-state index is 0.00873. The summed E-state index contributed by atoms with van der Waals surface area (Å²) in [6.45, 7) is 0.598. The summed E-state index contributed by atoms with van der Waals surface area (Å²) >= 11 is 0. The van der Waals surface area contributed by atoms with Crippen molar-refractivity contribution in [3.63, 3.8) is 0 Å². The number of hydrogen-bond donors (Lipinski definition) is 2. The number of nitrogens with one attached hydrogen (secondary N) is 2. The number of nitrogens with zero attached hydrogens (tertiary/aromatic N) is 3. The molecule has 3 aromatic carbocycles. The van der Waals surface area contributed by atoms with Crippen molar-refractivity contribution < 1.29 is 9.18 Å². The first-order chi connectivity index (χ1) is 16.1. The Balaban J connectivity index is 1.08. The highest BCUT2D eigenvalue weighted by atomic mass is 19.1. The van der Waals surface area contributed by atoms with Crippen LogP contribution in [0.2, 0.25) is 0 Å². The Morgan fingerprint density at radius 1 is 0.970 bits per heavy atom. The molecule has 166 valence electrons. The van der Waals surface area contributed by atoms with E-state index in [4.69, 9.17) is 0 Å². The van der Waals surface area contributed by atoms with Gasteiger partial charge in [-0.1, -0.05) is 42.5 Å². The van der Waals surface area contributed by atoms with Crippen molar-refractivity contribution in [3.05, 3.63) is 83.9 Å².